The van der Waals surface area contributed by atoms with E-state index < -0.39 is 0 Å². The molecule has 4 heteroatoms. The van der Waals surface area contributed by atoms with Gasteiger partial charge < -0.3 is 14.2 Å². The highest BCUT2D eigenvalue weighted by molar-refractivity contribution is 5.96. The van der Waals surface area contributed by atoms with Gasteiger partial charge >= 0.3 is 0 Å². The first-order valence-corrected chi connectivity index (χ1v) is 8.35. The maximum absolute atomic E-state index is 12.5. The molecule has 0 saturated carbocycles. The number of likely N-dealkylation sites (N-methyl/N-ethyl adjacent to an activating group) is 1. The molecule has 0 bridgehead atoms. The summed E-state index contributed by atoms with van der Waals surface area (Å²) in [6.07, 6.45) is 5.46. The van der Waals surface area contributed by atoms with E-state index in [1.54, 1.807) is 6.08 Å². The Morgan fingerprint density at radius 2 is 2.04 bits per heavy atom. The summed E-state index contributed by atoms with van der Waals surface area (Å²) in [4.78, 5) is 16.7. The second kappa shape index (κ2) is 7.01. The van der Waals surface area contributed by atoms with Gasteiger partial charge in [0, 0.05) is 43.1 Å². The SMILES string of the molecule is CCc1oc2ccccc2c1/C=C/C(=O)N1CCCN(C)CC1. The van der Waals surface area contributed by atoms with Gasteiger partial charge in [-0.25, -0.2) is 0 Å². The van der Waals surface area contributed by atoms with Crippen LogP contribution in [0.3, 0.4) is 0 Å². The average Bonchev–Trinajstić information content (AvgIpc) is 2.78. The molecule has 0 radical (unpaired) electrons. The maximum atomic E-state index is 12.5. The lowest BCUT2D eigenvalue weighted by atomic mass is 10.1. The minimum Gasteiger partial charge on any atom is -0.460 e. The molecule has 0 aliphatic carbocycles. The lowest BCUT2D eigenvalue weighted by Gasteiger charge is -2.18. The maximum Gasteiger partial charge on any atom is 0.246 e. The average molecular weight is 312 g/mol. The number of carbonyl (C=O) groups excluding carboxylic acids is 1. The number of rotatable bonds is 3. The number of benzene rings is 1. The van der Waals surface area contributed by atoms with Gasteiger partial charge in [0.25, 0.3) is 0 Å². The first kappa shape index (κ1) is 15.8. The molecule has 3 rings (SSSR count). The number of furan rings is 1. The number of hydrogen-bond acceptors (Lipinski definition) is 3. The number of carbonyl (C=O) groups is 1. The summed E-state index contributed by atoms with van der Waals surface area (Å²) in [5.41, 5.74) is 1.91. The van der Waals surface area contributed by atoms with E-state index in [4.69, 9.17) is 4.42 Å². The Morgan fingerprint density at radius 1 is 1.22 bits per heavy atom. The third kappa shape index (κ3) is 3.48. The molecule has 1 aliphatic heterocycles. The zero-order chi connectivity index (χ0) is 16.2. The Labute approximate surface area is 137 Å². The van der Waals surface area contributed by atoms with Crippen molar-refractivity contribution < 1.29 is 9.21 Å². The van der Waals surface area contributed by atoms with Crippen molar-refractivity contribution in [2.24, 2.45) is 0 Å². The Morgan fingerprint density at radius 3 is 2.87 bits per heavy atom. The lowest BCUT2D eigenvalue weighted by Crippen LogP contribution is -2.33. The highest BCUT2D eigenvalue weighted by atomic mass is 16.3. The molecule has 0 N–H and O–H groups in total. The normalized spacial score (nSPS) is 17.0. The monoisotopic (exact) mass is 312 g/mol. The molecule has 1 amide bonds. The highest BCUT2D eigenvalue weighted by Crippen LogP contribution is 2.27. The molecule has 0 spiro atoms. The summed E-state index contributed by atoms with van der Waals surface area (Å²) in [6.45, 7) is 5.70. The molecule has 1 saturated heterocycles. The van der Waals surface area contributed by atoms with Gasteiger partial charge in [-0.05, 0) is 32.2 Å². The fourth-order valence-electron chi connectivity index (χ4n) is 3.09. The van der Waals surface area contributed by atoms with Gasteiger partial charge in [-0.3, -0.25) is 4.79 Å². The van der Waals surface area contributed by atoms with Crippen LogP contribution in [0.1, 0.15) is 24.7 Å². The van der Waals surface area contributed by atoms with Crippen molar-refractivity contribution >= 4 is 23.0 Å². The number of hydrogen-bond donors (Lipinski definition) is 0. The third-order valence-electron chi connectivity index (χ3n) is 4.46. The van der Waals surface area contributed by atoms with Crippen molar-refractivity contribution in [2.75, 3.05) is 33.2 Å². The molecule has 2 heterocycles. The van der Waals surface area contributed by atoms with Crippen LogP contribution in [0.4, 0.5) is 0 Å². The van der Waals surface area contributed by atoms with Crippen LogP contribution < -0.4 is 0 Å². The molecule has 23 heavy (non-hydrogen) atoms. The van der Waals surface area contributed by atoms with Crippen molar-refractivity contribution in [3.8, 4) is 0 Å². The number of aryl methyl sites for hydroxylation is 1. The number of fused-ring (bicyclic) bond motifs is 1. The van der Waals surface area contributed by atoms with E-state index in [9.17, 15) is 4.79 Å². The summed E-state index contributed by atoms with van der Waals surface area (Å²) in [5, 5.41) is 1.07. The van der Waals surface area contributed by atoms with Crippen molar-refractivity contribution in [3.05, 3.63) is 41.7 Å². The van der Waals surface area contributed by atoms with Crippen LogP contribution in [0.15, 0.2) is 34.8 Å². The van der Waals surface area contributed by atoms with Gasteiger partial charge in [0.1, 0.15) is 11.3 Å². The predicted octanol–water partition coefficient (Wildman–Crippen LogP) is 3.17. The van der Waals surface area contributed by atoms with Gasteiger partial charge in [-0.15, -0.1) is 0 Å². The van der Waals surface area contributed by atoms with Crippen LogP contribution in [0.5, 0.6) is 0 Å². The smallest absolute Gasteiger partial charge is 0.246 e. The van der Waals surface area contributed by atoms with E-state index in [0.717, 1.165) is 61.3 Å². The van der Waals surface area contributed by atoms with Crippen LogP contribution in [0, 0.1) is 0 Å². The van der Waals surface area contributed by atoms with E-state index in [-0.39, 0.29) is 5.91 Å². The van der Waals surface area contributed by atoms with Crippen LogP contribution in [0.25, 0.3) is 17.0 Å². The van der Waals surface area contributed by atoms with Crippen LogP contribution in [-0.4, -0.2) is 48.9 Å². The van der Waals surface area contributed by atoms with E-state index in [1.807, 2.05) is 35.2 Å². The van der Waals surface area contributed by atoms with Crippen molar-refractivity contribution in [1.82, 2.24) is 9.80 Å². The third-order valence-corrected chi connectivity index (χ3v) is 4.46. The summed E-state index contributed by atoms with van der Waals surface area (Å²) in [5.74, 6) is 1.03. The van der Waals surface area contributed by atoms with Gasteiger partial charge in [0.2, 0.25) is 5.91 Å². The molecule has 122 valence electrons. The quantitative estimate of drug-likeness (QED) is 0.817. The second-order valence-corrected chi connectivity index (χ2v) is 6.10. The first-order valence-electron chi connectivity index (χ1n) is 8.35. The Balaban J connectivity index is 1.80. The number of amides is 1. The minimum atomic E-state index is 0.0904. The van der Waals surface area contributed by atoms with Crippen molar-refractivity contribution in [1.29, 1.82) is 0 Å². The molecular formula is C19H24N2O2. The number of nitrogens with zero attached hydrogens (tertiary/aromatic N) is 2. The summed E-state index contributed by atoms with van der Waals surface area (Å²) in [6, 6.07) is 7.99. The lowest BCUT2D eigenvalue weighted by molar-refractivity contribution is -0.125. The first-order chi connectivity index (χ1) is 11.2. The fraction of sp³-hybridized carbons (Fsp3) is 0.421. The van der Waals surface area contributed by atoms with Crippen LogP contribution >= 0.6 is 0 Å². The molecule has 1 aliphatic rings. The van der Waals surface area contributed by atoms with Gasteiger partial charge in [0.05, 0.1) is 0 Å². The summed E-state index contributed by atoms with van der Waals surface area (Å²) in [7, 11) is 2.11. The zero-order valence-electron chi connectivity index (χ0n) is 13.9. The Bertz CT molecular complexity index is 717. The van der Waals surface area contributed by atoms with Crippen LogP contribution in [0.2, 0.25) is 0 Å². The van der Waals surface area contributed by atoms with Gasteiger partial charge in [-0.2, -0.15) is 0 Å². The Kier molecular flexibility index (Phi) is 4.82. The molecular weight excluding hydrogens is 288 g/mol. The second-order valence-electron chi connectivity index (χ2n) is 6.10. The van der Waals surface area contributed by atoms with E-state index >= 15 is 0 Å². The highest BCUT2D eigenvalue weighted by Gasteiger charge is 2.16. The van der Waals surface area contributed by atoms with Crippen LogP contribution in [-0.2, 0) is 11.2 Å². The predicted molar refractivity (Wildman–Crippen MR) is 93.3 cm³/mol. The van der Waals surface area contributed by atoms with Crippen molar-refractivity contribution in [3.63, 3.8) is 0 Å². The molecule has 1 aromatic carbocycles. The van der Waals surface area contributed by atoms with E-state index in [0.29, 0.717) is 0 Å². The molecule has 0 unspecified atom stereocenters. The number of para-hydroxylation sites is 1. The minimum absolute atomic E-state index is 0.0904. The van der Waals surface area contributed by atoms with Gasteiger partial charge in [0.15, 0.2) is 0 Å². The zero-order valence-corrected chi connectivity index (χ0v) is 13.9. The van der Waals surface area contributed by atoms with Gasteiger partial charge in [-0.1, -0.05) is 25.1 Å². The molecule has 1 fully saturated rings. The standard InChI is InChI=1S/C19H24N2O2/c1-3-17-16(15-7-4-5-8-18(15)23-17)9-10-19(22)21-12-6-11-20(2)13-14-21/h4-5,7-10H,3,6,11-14H2,1-2H3/b10-9+. The topological polar surface area (TPSA) is 36.7 Å². The molecule has 0 atom stereocenters. The Hall–Kier alpha value is -2.07. The van der Waals surface area contributed by atoms with E-state index in [2.05, 4.69) is 18.9 Å². The molecule has 4 nitrogen and oxygen atoms in total. The largest absolute Gasteiger partial charge is 0.460 e. The molecule has 1 aromatic heterocycles. The summed E-state index contributed by atoms with van der Waals surface area (Å²) >= 11 is 0. The van der Waals surface area contributed by atoms with E-state index in [1.165, 1.54) is 0 Å². The van der Waals surface area contributed by atoms with Crippen molar-refractivity contribution in [2.45, 2.75) is 19.8 Å². The summed E-state index contributed by atoms with van der Waals surface area (Å²) < 4.78 is 5.88. The molecule has 2 aromatic rings. The fourth-order valence-corrected chi connectivity index (χ4v) is 3.09.